The molecule has 1 saturated heterocycles. The van der Waals surface area contributed by atoms with Crippen LogP contribution in [0.25, 0.3) is 0 Å². The van der Waals surface area contributed by atoms with Crippen LogP contribution in [0.5, 0.6) is 0 Å². The first-order valence-electron chi connectivity index (χ1n) is 9.16. The monoisotopic (exact) mass is 320 g/mol. The highest BCUT2D eigenvalue weighted by molar-refractivity contribution is 5.38. The summed E-state index contributed by atoms with van der Waals surface area (Å²) in [7, 11) is 0. The minimum absolute atomic E-state index is 0.208. The molecule has 1 aromatic heterocycles. The number of hydrogen-bond donors (Lipinski definition) is 1. The van der Waals surface area contributed by atoms with Gasteiger partial charge in [0.2, 0.25) is 5.95 Å². The summed E-state index contributed by atoms with van der Waals surface area (Å²) in [6, 6.07) is 9.60. The van der Waals surface area contributed by atoms with E-state index in [1.807, 2.05) is 6.20 Å². The van der Waals surface area contributed by atoms with Gasteiger partial charge in [0.05, 0.1) is 5.69 Å². The average Bonchev–Trinajstić information content (AvgIpc) is 3.18. The van der Waals surface area contributed by atoms with Gasteiger partial charge in [-0.15, -0.1) is 0 Å². The van der Waals surface area contributed by atoms with Crippen LogP contribution in [0.3, 0.4) is 0 Å². The van der Waals surface area contributed by atoms with Crippen LogP contribution in [0.4, 0.5) is 5.95 Å². The molecule has 2 aromatic rings. The Bertz CT molecular complexity index is 758. The number of hydrogen-bond acceptors (Lipinski definition) is 4. The van der Waals surface area contributed by atoms with Crippen LogP contribution in [-0.2, 0) is 24.7 Å². The van der Waals surface area contributed by atoms with E-state index in [0.717, 1.165) is 13.0 Å². The molecule has 1 unspecified atom stereocenters. The Hall–Kier alpha value is -1.94. The van der Waals surface area contributed by atoms with E-state index in [4.69, 9.17) is 5.73 Å². The molecule has 2 heterocycles. The van der Waals surface area contributed by atoms with Crippen molar-refractivity contribution in [2.75, 3.05) is 18.8 Å². The van der Waals surface area contributed by atoms with E-state index in [0.29, 0.717) is 12.0 Å². The Labute approximate surface area is 143 Å². The van der Waals surface area contributed by atoms with Crippen LogP contribution in [0.15, 0.2) is 30.5 Å². The highest BCUT2D eigenvalue weighted by Crippen LogP contribution is 2.45. The first kappa shape index (κ1) is 14.4. The van der Waals surface area contributed by atoms with Gasteiger partial charge in [0, 0.05) is 24.2 Å². The van der Waals surface area contributed by atoms with Crippen LogP contribution in [0.2, 0.25) is 0 Å². The highest BCUT2D eigenvalue weighted by atomic mass is 15.2. The van der Waals surface area contributed by atoms with Gasteiger partial charge >= 0.3 is 0 Å². The van der Waals surface area contributed by atoms with E-state index in [9.17, 15) is 0 Å². The van der Waals surface area contributed by atoms with Crippen molar-refractivity contribution < 1.29 is 0 Å². The zero-order valence-corrected chi connectivity index (χ0v) is 14.0. The van der Waals surface area contributed by atoms with Crippen LogP contribution < -0.4 is 5.73 Å². The lowest BCUT2D eigenvalue weighted by Crippen LogP contribution is -2.50. The number of nitrogen functional groups attached to an aromatic ring is 1. The second kappa shape index (κ2) is 5.28. The summed E-state index contributed by atoms with van der Waals surface area (Å²) in [6.07, 6.45) is 9.17. The Morgan fingerprint density at radius 1 is 1.08 bits per heavy atom. The zero-order chi connectivity index (χ0) is 16.1. The number of aryl methyl sites for hydroxylation is 1. The van der Waals surface area contributed by atoms with E-state index in [1.54, 1.807) is 11.1 Å². The minimum atomic E-state index is 0.208. The van der Waals surface area contributed by atoms with Crippen molar-refractivity contribution >= 4 is 5.95 Å². The van der Waals surface area contributed by atoms with Crippen molar-refractivity contribution in [3.63, 3.8) is 0 Å². The summed E-state index contributed by atoms with van der Waals surface area (Å²) < 4.78 is 0. The average molecular weight is 320 g/mol. The smallest absolute Gasteiger partial charge is 0.220 e. The van der Waals surface area contributed by atoms with Gasteiger partial charge in [-0.2, -0.15) is 0 Å². The molecule has 1 fully saturated rings. The number of aromatic nitrogens is 2. The van der Waals surface area contributed by atoms with E-state index < -0.39 is 0 Å². The summed E-state index contributed by atoms with van der Waals surface area (Å²) in [5.74, 6) is 0.431. The fraction of sp³-hybridized carbons (Fsp3) is 0.500. The lowest BCUT2D eigenvalue weighted by molar-refractivity contribution is 0.103. The predicted octanol–water partition coefficient (Wildman–Crippen LogP) is 2.51. The van der Waals surface area contributed by atoms with Gasteiger partial charge < -0.3 is 5.73 Å². The molecule has 124 valence electrons. The standard InChI is InChI=1S/C20H24N4/c21-19-22-12-16-6-8-20(18(16)23-19)7-3-9-24(13-20)17-10-14-4-1-2-5-15(14)11-17/h1-2,4-5,12,17H,3,6-11,13H2,(H2,21,22,23). The van der Waals surface area contributed by atoms with Gasteiger partial charge in [-0.05, 0) is 61.8 Å². The molecule has 4 nitrogen and oxygen atoms in total. The topological polar surface area (TPSA) is 55.0 Å². The van der Waals surface area contributed by atoms with Gasteiger partial charge in [-0.1, -0.05) is 24.3 Å². The third-order valence-electron chi connectivity index (χ3n) is 6.41. The Kier molecular flexibility index (Phi) is 3.17. The normalized spacial score (nSPS) is 26.7. The number of anilines is 1. The number of rotatable bonds is 1. The summed E-state index contributed by atoms with van der Waals surface area (Å²) in [5, 5.41) is 0. The van der Waals surface area contributed by atoms with Gasteiger partial charge in [0.25, 0.3) is 0 Å². The number of benzene rings is 1. The number of piperidine rings is 1. The highest BCUT2D eigenvalue weighted by Gasteiger charge is 2.45. The molecule has 1 aliphatic heterocycles. The van der Waals surface area contributed by atoms with Crippen LogP contribution >= 0.6 is 0 Å². The first-order valence-corrected chi connectivity index (χ1v) is 9.16. The molecule has 1 aromatic carbocycles. The molecule has 0 bridgehead atoms. The van der Waals surface area contributed by atoms with Crippen molar-refractivity contribution in [1.29, 1.82) is 0 Å². The molecule has 0 amide bonds. The van der Waals surface area contributed by atoms with Crippen molar-refractivity contribution in [2.45, 2.75) is 50.0 Å². The molecule has 24 heavy (non-hydrogen) atoms. The van der Waals surface area contributed by atoms with Crippen molar-refractivity contribution in [3.05, 3.63) is 52.8 Å². The van der Waals surface area contributed by atoms with Crippen molar-refractivity contribution in [2.24, 2.45) is 0 Å². The number of fused-ring (bicyclic) bond motifs is 3. The summed E-state index contributed by atoms with van der Waals surface area (Å²) in [6.45, 7) is 2.35. The van der Waals surface area contributed by atoms with E-state index in [1.165, 1.54) is 49.9 Å². The lowest BCUT2D eigenvalue weighted by atomic mass is 9.77. The van der Waals surface area contributed by atoms with Crippen LogP contribution in [-0.4, -0.2) is 34.0 Å². The maximum Gasteiger partial charge on any atom is 0.220 e. The minimum Gasteiger partial charge on any atom is -0.368 e. The van der Waals surface area contributed by atoms with Crippen molar-refractivity contribution in [1.82, 2.24) is 14.9 Å². The largest absolute Gasteiger partial charge is 0.368 e. The molecule has 0 saturated carbocycles. The van der Waals surface area contributed by atoms with E-state index in [2.05, 4.69) is 39.1 Å². The molecule has 2 aliphatic carbocycles. The fourth-order valence-corrected chi connectivity index (χ4v) is 5.23. The Balaban J connectivity index is 1.42. The molecule has 0 radical (unpaired) electrons. The molecule has 2 N–H and O–H groups in total. The quantitative estimate of drug-likeness (QED) is 0.877. The number of likely N-dealkylation sites (tertiary alicyclic amines) is 1. The SMILES string of the molecule is Nc1ncc2c(n1)C1(CCCN(C3Cc4ccccc4C3)C1)CC2. The summed E-state index contributed by atoms with van der Waals surface area (Å²) >= 11 is 0. The van der Waals surface area contributed by atoms with Crippen LogP contribution in [0.1, 0.15) is 41.6 Å². The van der Waals surface area contributed by atoms with E-state index in [-0.39, 0.29) is 5.41 Å². The Morgan fingerprint density at radius 2 is 1.88 bits per heavy atom. The third kappa shape index (κ3) is 2.16. The maximum atomic E-state index is 5.90. The number of nitrogens with two attached hydrogens (primary N) is 1. The van der Waals surface area contributed by atoms with Gasteiger partial charge in [0.1, 0.15) is 0 Å². The van der Waals surface area contributed by atoms with Gasteiger partial charge in [0.15, 0.2) is 0 Å². The Morgan fingerprint density at radius 3 is 2.67 bits per heavy atom. The second-order valence-corrected chi connectivity index (χ2v) is 7.79. The zero-order valence-electron chi connectivity index (χ0n) is 14.0. The molecular formula is C20H24N4. The maximum absolute atomic E-state index is 5.90. The van der Waals surface area contributed by atoms with Gasteiger partial charge in [-0.25, -0.2) is 9.97 Å². The summed E-state index contributed by atoms with van der Waals surface area (Å²) in [4.78, 5) is 11.6. The molecular weight excluding hydrogens is 296 g/mol. The second-order valence-electron chi connectivity index (χ2n) is 7.79. The molecule has 1 atom stereocenters. The van der Waals surface area contributed by atoms with E-state index >= 15 is 0 Å². The van der Waals surface area contributed by atoms with Gasteiger partial charge in [-0.3, -0.25) is 4.90 Å². The lowest BCUT2D eigenvalue weighted by Gasteiger charge is -2.43. The third-order valence-corrected chi connectivity index (χ3v) is 6.41. The first-order chi connectivity index (χ1) is 11.7. The van der Waals surface area contributed by atoms with Crippen LogP contribution in [0, 0.1) is 0 Å². The molecule has 1 spiro atoms. The molecule has 5 rings (SSSR count). The number of nitrogens with zero attached hydrogens (tertiary/aromatic N) is 3. The summed E-state index contributed by atoms with van der Waals surface area (Å²) in [5.41, 5.74) is 11.8. The fourth-order valence-electron chi connectivity index (χ4n) is 5.23. The predicted molar refractivity (Wildman–Crippen MR) is 94.9 cm³/mol. The van der Waals surface area contributed by atoms with Crippen molar-refractivity contribution in [3.8, 4) is 0 Å². The molecule has 4 heteroatoms. The molecule has 3 aliphatic rings.